The third-order valence-electron chi connectivity index (χ3n) is 6.92. The number of ether oxygens (including phenoxy) is 4. The van der Waals surface area contributed by atoms with Gasteiger partial charge < -0.3 is 51.7 Å². The van der Waals surface area contributed by atoms with Gasteiger partial charge in [-0.25, -0.2) is 9.59 Å². The molecular formula is C34H56N6O6. The summed E-state index contributed by atoms with van der Waals surface area (Å²) in [6.45, 7) is 5.89. The number of nitrogens with one attached hydrogen (secondary N) is 4. The van der Waals surface area contributed by atoms with E-state index in [4.69, 9.17) is 30.4 Å². The molecule has 0 saturated carbocycles. The van der Waals surface area contributed by atoms with Crippen LogP contribution in [0.2, 0.25) is 0 Å². The highest BCUT2D eigenvalue weighted by atomic mass is 16.5. The van der Waals surface area contributed by atoms with Crippen LogP contribution in [0, 0.1) is 0 Å². The molecule has 0 radical (unpaired) electrons. The van der Waals surface area contributed by atoms with Crippen LogP contribution in [0.25, 0.3) is 0 Å². The van der Waals surface area contributed by atoms with Crippen molar-refractivity contribution in [2.24, 2.45) is 11.5 Å². The maximum atomic E-state index is 11.9. The van der Waals surface area contributed by atoms with Crippen molar-refractivity contribution >= 4 is 12.1 Å². The summed E-state index contributed by atoms with van der Waals surface area (Å²) in [5, 5.41) is 11.1. The number of benzene rings is 2. The van der Waals surface area contributed by atoms with Gasteiger partial charge in [0.1, 0.15) is 24.7 Å². The number of carbonyl (C=O) groups excluding carboxylic acids is 2. The lowest BCUT2D eigenvalue weighted by molar-refractivity contribution is 0.102. The summed E-state index contributed by atoms with van der Waals surface area (Å²) in [6.07, 6.45) is 7.81. The highest BCUT2D eigenvalue weighted by molar-refractivity contribution is 5.74. The number of amides is 4. The molecule has 8 N–H and O–H groups in total. The van der Waals surface area contributed by atoms with E-state index in [1.807, 2.05) is 24.3 Å². The van der Waals surface area contributed by atoms with Gasteiger partial charge in [0.05, 0.1) is 26.4 Å². The molecular weight excluding hydrogens is 588 g/mol. The Labute approximate surface area is 274 Å². The van der Waals surface area contributed by atoms with E-state index in [1.165, 1.54) is 11.1 Å². The molecule has 258 valence electrons. The van der Waals surface area contributed by atoms with Gasteiger partial charge in [-0.05, 0) is 99.8 Å². The first kappa shape index (κ1) is 38.6. The van der Waals surface area contributed by atoms with Crippen LogP contribution in [0.1, 0.15) is 49.7 Å². The predicted octanol–water partition coefficient (Wildman–Crippen LogP) is 3.12. The Bertz CT molecular complexity index is 958. The molecule has 0 heterocycles. The minimum atomic E-state index is -0.241. The number of hydrogen-bond acceptors (Lipinski definition) is 8. The van der Waals surface area contributed by atoms with Crippen LogP contribution in [-0.4, -0.2) is 91.0 Å². The number of rotatable bonds is 27. The molecule has 0 unspecified atom stereocenters. The maximum absolute atomic E-state index is 11.9. The standard InChI is InChI=1S/C34H56N6O6/c35-17-3-1-7-29-9-13-31(14-10-29)45-27-25-43-23-21-39-33(41)37-19-5-6-20-38-34(42)40-22-24-44-26-28-46-32-15-11-30(12-16-32)8-2-4-18-36/h9-16H,1-8,17-28,35-36H2,(H2,37,39,41)(H2,38,40,42). The summed E-state index contributed by atoms with van der Waals surface area (Å²) in [4.78, 5) is 23.8. The molecule has 0 aliphatic carbocycles. The number of hydrogen-bond donors (Lipinski definition) is 6. The van der Waals surface area contributed by atoms with Gasteiger partial charge in [0, 0.05) is 26.2 Å². The van der Waals surface area contributed by atoms with Gasteiger partial charge in [-0.1, -0.05) is 24.3 Å². The maximum Gasteiger partial charge on any atom is 0.314 e. The Hall–Kier alpha value is -3.58. The summed E-state index contributed by atoms with van der Waals surface area (Å²) < 4.78 is 22.4. The van der Waals surface area contributed by atoms with Gasteiger partial charge in [-0.2, -0.15) is 0 Å². The molecule has 0 atom stereocenters. The molecule has 0 aliphatic heterocycles. The minimum absolute atomic E-state index is 0.241. The summed E-state index contributed by atoms with van der Waals surface area (Å²) in [5.74, 6) is 1.63. The van der Waals surface area contributed by atoms with Crippen LogP contribution >= 0.6 is 0 Å². The summed E-state index contributed by atoms with van der Waals surface area (Å²) in [6, 6.07) is 15.7. The highest BCUT2D eigenvalue weighted by Crippen LogP contribution is 2.15. The van der Waals surface area contributed by atoms with Crippen molar-refractivity contribution in [1.82, 2.24) is 21.3 Å². The van der Waals surface area contributed by atoms with Crippen molar-refractivity contribution in [2.45, 2.75) is 51.4 Å². The third-order valence-corrected chi connectivity index (χ3v) is 6.92. The molecule has 4 amide bonds. The average molecular weight is 645 g/mol. The molecule has 12 nitrogen and oxygen atoms in total. The molecule has 0 saturated heterocycles. The fourth-order valence-corrected chi connectivity index (χ4v) is 4.34. The minimum Gasteiger partial charge on any atom is -0.491 e. The number of urea groups is 2. The van der Waals surface area contributed by atoms with Gasteiger partial charge >= 0.3 is 12.1 Å². The zero-order valence-electron chi connectivity index (χ0n) is 27.4. The molecule has 0 spiro atoms. The smallest absolute Gasteiger partial charge is 0.314 e. The summed E-state index contributed by atoms with van der Waals surface area (Å²) in [5.41, 5.74) is 13.6. The second kappa shape index (κ2) is 26.6. The fourth-order valence-electron chi connectivity index (χ4n) is 4.34. The predicted molar refractivity (Wildman–Crippen MR) is 182 cm³/mol. The lowest BCUT2D eigenvalue weighted by Crippen LogP contribution is -2.39. The number of unbranched alkanes of at least 4 members (excludes halogenated alkanes) is 3. The van der Waals surface area contributed by atoms with Crippen molar-refractivity contribution < 1.29 is 28.5 Å². The van der Waals surface area contributed by atoms with Crippen molar-refractivity contribution in [3.63, 3.8) is 0 Å². The summed E-state index contributed by atoms with van der Waals surface area (Å²) in [7, 11) is 0. The first-order chi connectivity index (χ1) is 22.6. The van der Waals surface area contributed by atoms with E-state index in [0.717, 1.165) is 76.0 Å². The van der Waals surface area contributed by atoms with E-state index in [0.29, 0.717) is 65.8 Å². The molecule has 2 rings (SSSR count). The first-order valence-electron chi connectivity index (χ1n) is 16.6. The number of nitrogens with two attached hydrogens (primary N) is 2. The lowest BCUT2D eigenvalue weighted by atomic mass is 10.1. The zero-order chi connectivity index (χ0) is 32.9. The highest BCUT2D eigenvalue weighted by Gasteiger charge is 2.02. The van der Waals surface area contributed by atoms with Crippen LogP contribution in [0.15, 0.2) is 48.5 Å². The molecule has 2 aromatic carbocycles. The van der Waals surface area contributed by atoms with Crippen LogP contribution in [0.5, 0.6) is 11.5 Å². The lowest BCUT2D eigenvalue weighted by Gasteiger charge is -2.10. The average Bonchev–Trinajstić information content (AvgIpc) is 3.07. The molecule has 0 aromatic heterocycles. The molecule has 2 aromatic rings. The van der Waals surface area contributed by atoms with Crippen LogP contribution < -0.4 is 42.2 Å². The summed E-state index contributed by atoms with van der Waals surface area (Å²) >= 11 is 0. The molecule has 46 heavy (non-hydrogen) atoms. The monoisotopic (exact) mass is 644 g/mol. The Morgan fingerprint density at radius 3 is 1.26 bits per heavy atom. The normalized spacial score (nSPS) is 10.7. The van der Waals surface area contributed by atoms with E-state index < -0.39 is 0 Å². The topological polar surface area (TPSA) is 171 Å². The second-order valence-electron chi connectivity index (χ2n) is 10.8. The van der Waals surface area contributed by atoms with Crippen molar-refractivity contribution in [1.29, 1.82) is 0 Å². The molecule has 0 aliphatic rings. The quantitative estimate of drug-likeness (QED) is 0.0806. The molecule has 12 heteroatoms. The number of aryl methyl sites for hydroxylation is 2. The van der Waals surface area contributed by atoms with E-state index >= 15 is 0 Å². The van der Waals surface area contributed by atoms with Crippen molar-refractivity contribution in [3.05, 3.63) is 59.7 Å². The van der Waals surface area contributed by atoms with Crippen LogP contribution in [-0.2, 0) is 22.3 Å². The van der Waals surface area contributed by atoms with Gasteiger partial charge in [0.25, 0.3) is 0 Å². The van der Waals surface area contributed by atoms with Crippen molar-refractivity contribution in [2.75, 3.05) is 78.9 Å². The largest absolute Gasteiger partial charge is 0.491 e. The zero-order valence-corrected chi connectivity index (χ0v) is 27.4. The number of carbonyl (C=O) groups is 2. The Morgan fingerprint density at radius 1 is 0.478 bits per heavy atom. The van der Waals surface area contributed by atoms with Crippen LogP contribution in [0.4, 0.5) is 9.59 Å². The fraction of sp³-hybridized carbons (Fsp3) is 0.588. The third kappa shape index (κ3) is 20.5. The molecule has 0 bridgehead atoms. The van der Waals surface area contributed by atoms with Gasteiger partial charge in [0.2, 0.25) is 0 Å². The van der Waals surface area contributed by atoms with E-state index in [1.54, 1.807) is 0 Å². The second-order valence-corrected chi connectivity index (χ2v) is 10.8. The van der Waals surface area contributed by atoms with Crippen LogP contribution in [0.3, 0.4) is 0 Å². The Morgan fingerprint density at radius 2 is 0.870 bits per heavy atom. The Kier molecular flexibility index (Phi) is 22.3. The van der Waals surface area contributed by atoms with Gasteiger partial charge in [-0.3, -0.25) is 0 Å². The van der Waals surface area contributed by atoms with Crippen molar-refractivity contribution in [3.8, 4) is 11.5 Å². The SMILES string of the molecule is NCCCCc1ccc(OCCOCCNC(=O)NCCCCNC(=O)NCCOCCOc2ccc(CCCCN)cc2)cc1. The first-order valence-corrected chi connectivity index (χ1v) is 16.6. The Balaban J connectivity index is 1.32. The van der Waals surface area contributed by atoms with Gasteiger partial charge in [0.15, 0.2) is 0 Å². The molecule has 0 fully saturated rings. The van der Waals surface area contributed by atoms with E-state index in [2.05, 4.69) is 45.5 Å². The van der Waals surface area contributed by atoms with Gasteiger partial charge in [-0.15, -0.1) is 0 Å². The van der Waals surface area contributed by atoms with E-state index in [-0.39, 0.29) is 12.1 Å². The van der Waals surface area contributed by atoms with E-state index in [9.17, 15) is 9.59 Å².